The van der Waals surface area contributed by atoms with Gasteiger partial charge in [0.15, 0.2) is 0 Å². The number of nitro benzene ring substituents is 1. The normalized spacial score (nSPS) is 9.68. The van der Waals surface area contributed by atoms with Crippen molar-refractivity contribution >= 4 is 21.6 Å². The molecule has 0 aliphatic rings. The molecule has 0 aliphatic carbocycles. The van der Waals surface area contributed by atoms with E-state index >= 15 is 0 Å². The van der Waals surface area contributed by atoms with Crippen molar-refractivity contribution in [3.8, 4) is 17.6 Å². The molecule has 6 heteroatoms. The third kappa shape index (κ3) is 3.30. The molecule has 0 fully saturated rings. The molecule has 0 atom stereocenters. The van der Waals surface area contributed by atoms with Gasteiger partial charge >= 0.3 is 0 Å². The molecule has 0 amide bonds. The van der Waals surface area contributed by atoms with Crippen LogP contribution in [-0.2, 0) is 0 Å². The Labute approximate surface area is 117 Å². The predicted molar refractivity (Wildman–Crippen MR) is 72.0 cm³/mol. The second kappa shape index (κ2) is 5.50. The number of nitrogens with zero attached hydrogens (tertiary/aromatic N) is 2. The summed E-state index contributed by atoms with van der Waals surface area (Å²) in [6.07, 6.45) is 0. The number of non-ortho nitro benzene ring substituents is 1. The maximum absolute atomic E-state index is 10.5. The number of hydrogen-bond donors (Lipinski definition) is 0. The summed E-state index contributed by atoms with van der Waals surface area (Å²) < 4.78 is 6.26. The van der Waals surface area contributed by atoms with Gasteiger partial charge in [0.2, 0.25) is 0 Å². The molecule has 0 aromatic heterocycles. The van der Waals surface area contributed by atoms with Gasteiger partial charge in [-0.05, 0) is 30.3 Å². The first-order chi connectivity index (χ1) is 9.08. The Morgan fingerprint density at radius 1 is 1.16 bits per heavy atom. The molecule has 0 bridgehead atoms. The fraction of sp³-hybridized carbons (Fsp3) is 0. The van der Waals surface area contributed by atoms with Gasteiger partial charge in [0.1, 0.15) is 11.5 Å². The van der Waals surface area contributed by atoms with Gasteiger partial charge in [0, 0.05) is 16.6 Å². The molecule has 2 aromatic carbocycles. The minimum atomic E-state index is -0.476. The van der Waals surface area contributed by atoms with E-state index in [4.69, 9.17) is 10.00 Å². The van der Waals surface area contributed by atoms with Crippen molar-refractivity contribution in [3.63, 3.8) is 0 Å². The molecule has 0 saturated heterocycles. The van der Waals surface area contributed by atoms with E-state index in [0.717, 1.165) is 4.47 Å². The highest BCUT2D eigenvalue weighted by Crippen LogP contribution is 2.27. The van der Waals surface area contributed by atoms with Crippen LogP contribution in [0.2, 0.25) is 0 Å². The molecule has 2 aromatic rings. The van der Waals surface area contributed by atoms with Gasteiger partial charge in [0.05, 0.1) is 16.6 Å². The van der Waals surface area contributed by atoms with E-state index in [2.05, 4.69) is 15.9 Å². The first-order valence-electron chi connectivity index (χ1n) is 5.21. The summed E-state index contributed by atoms with van der Waals surface area (Å²) in [6, 6.07) is 12.7. The van der Waals surface area contributed by atoms with Gasteiger partial charge in [-0.2, -0.15) is 5.26 Å². The van der Waals surface area contributed by atoms with Gasteiger partial charge < -0.3 is 4.74 Å². The van der Waals surface area contributed by atoms with Crippen molar-refractivity contribution < 1.29 is 9.66 Å². The Morgan fingerprint density at radius 2 is 1.84 bits per heavy atom. The molecule has 0 radical (unpaired) electrons. The molecule has 19 heavy (non-hydrogen) atoms. The van der Waals surface area contributed by atoms with Crippen LogP contribution in [0.4, 0.5) is 5.69 Å². The van der Waals surface area contributed by atoms with E-state index in [1.165, 1.54) is 24.3 Å². The van der Waals surface area contributed by atoms with Crippen LogP contribution < -0.4 is 4.74 Å². The van der Waals surface area contributed by atoms with Gasteiger partial charge in [-0.1, -0.05) is 15.9 Å². The average Bonchev–Trinajstić information content (AvgIpc) is 2.38. The van der Waals surface area contributed by atoms with Gasteiger partial charge in [-0.25, -0.2) is 0 Å². The zero-order valence-corrected chi connectivity index (χ0v) is 11.1. The largest absolute Gasteiger partial charge is 0.457 e. The molecule has 0 spiro atoms. The molecule has 0 heterocycles. The van der Waals surface area contributed by atoms with Gasteiger partial charge in [-0.3, -0.25) is 10.1 Å². The smallest absolute Gasteiger partial charge is 0.269 e. The lowest BCUT2D eigenvalue weighted by Gasteiger charge is -2.06. The maximum atomic E-state index is 10.5. The summed E-state index contributed by atoms with van der Waals surface area (Å²) in [5.41, 5.74) is 0.464. The molecular formula is C13H7BrN2O3. The van der Waals surface area contributed by atoms with E-state index in [1.54, 1.807) is 18.2 Å². The molecule has 94 valence electrons. The SMILES string of the molecule is N#Cc1cc(Br)cc(Oc2ccc([N+](=O)[O-])cc2)c1. The highest BCUT2D eigenvalue weighted by atomic mass is 79.9. The van der Waals surface area contributed by atoms with Crippen LogP contribution in [0.3, 0.4) is 0 Å². The third-order valence-corrected chi connectivity index (χ3v) is 2.74. The van der Waals surface area contributed by atoms with E-state index < -0.39 is 4.92 Å². The minimum absolute atomic E-state index is 0.000642. The first-order valence-corrected chi connectivity index (χ1v) is 6.01. The predicted octanol–water partition coefficient (Wildman–Crippen LogP) is 4.02. The molecule has 0 unspecified atom stereocenters. The Bertz CT molecular complexity index is 663. The zero-order valence-electron chi connectivity index (χ0n) is 9.54. The summed E-state index contributed by atoms with van der Waals surface area (Å²) >= 11 is 3.28. The number of nitro groups is 1. The Morgan fingerprint density at radius 3 is 2.42 bits per heavy atom. The van der Waals surface area contributed by atoms with Crippen LogP contribution in [-0.4, -0.2) is 4.92 Å². The van der Waals surface area contributed by atoms with Crippen molar-refractivity contribution in [1.29, 1.82) is 5.26 Å². The lowest BCUT2D eigenvalue weighted by atomic mass is 10.2. The quantitative estimate of drug-likeness (QED) is 0.632. The van der Waals surface area contributed by atoms with Crippen molar-refractivity contribution in [2.75, 3.05) is 0 Å². The van der Waals surface area contributed by atoms with Crippen molar-refractivity contribution in [2.24, 2.45) is 0 Å². The highest BCUT2D eigenvalue weighted by Gasteiger charge is 2.06. The standard InChI is InChI=1S/C13H7BrN2O3/c14-10-5-9(8-15)6-13(7-10)19-12-3-1-11(2-4-12)16(17)18/h1-7H. The highest BCUT2D eigenvalue weighted by molar-refractivity contribution is 9.10. The van der Waals surface area contributed by atoms with E-state index in [-0.39, 0.29) is 5.69 Å². The molecular weight excluding hydrogens is 312 g/mol. The molecule has 2 rings (SSSR count). The number of hydrogen-bond acceptors (Lipinski definition) is 4. The van der Waals surface area contributed by atoms with E-state index in [1.807, 2.05) is 6.07 Å². The second-order valence-electron chi connectivity index (χ2n) is 3.64. The maximum Gasteiger partial charge on any atom is 0.269 e. The summed E-state index contributed by atoms with van der Waals surface area (Å²) in [5.74, 6) is 0.951. The Hall–Kier alpha value is -2.39. The van der Waals surface area contributed by atoms with Gasteiger partial charge in [-0.15, -0.1) is 0 Å². The van der Waals surface area contributed by atoms with E-state index in [0.29, 0.717) is 17.1 Å². The Balaban J connectivity index is 2.24. The van der Waals surface area contributed by atoms with Crippen LogP contribution in [0.5, 0.6) is 11.5 Å². The summed E-state index contributed by atoms with van der Waals surface area (Å²) in [6.45, 7) is 0. The van der Waals surface area contributed by atoms with E-state index in [9.17, 15) is 10.1 Å². The summed E-state index contributed by atoms with van der Waals surface area (Å²) in [5, 5.41) is 19.4. The molecule has 5 nitrogen and oxygen atoms in total. The molecule has 0 aliphatic heterocycles. The lowest BCUT2D eigenvalue weighted by Crippen LogP contribution is -1.89. The van der Waals surface area contributed by atoms with Crippen molar-refractivity contribution in [2.45, 2.75) is 0 Å². The summed E-state index contributed by atoms with van der Waals surface area (Å²) in [7, 11) is 0. The number of rotatable bonds is 3. The number of ether oxygens (including phenoxy) is 1. The topological polar surface area (TPSA) is 76.2 Å². The van der Waals surface area contributed by atoms with Crippen molar-refractivity contribution in [3.05, 3.63) is 62.6 Å². The minimum Gasteiger partial charge on any atom is -0.457 e. The van der Waals surface area contributed by atoms with Crippen LogP contribution in [0.1, 0.15) is 5.56 Å². The third-order valence-electron chi connectivity index (χ3n) is 2.28. The van der Waals surface area contributed by atoms with Crippen LogP contribution in [0.25, 0.3) is 0 Å². The summed E-state index contributed by atoms with van der Waals surface area (Å²) in [4.78, 5) is 10.0. The zero-order chi connectivity index (χ0) is 13.8. The molecule has 0 saturated carbocycles. The number of nitriles is 1. The average molecular weight is 319 g/mol. The fourth-order valence-corrected chi connectivity index (χ4v) is 1.93. The number of halogens is 1. The fourth-order valence-electron chi connectivity index (χ4n) is 1.46. The monoisotopic (exact) mass is 318 g/mol. The Kier molecular flexibility index (Phi) is 3.78. The van der Waals surface area contributed by atoms with Crippen LogP contribution in [0.15, 0.2) is 46.9 Å². The first kappa shape index (κ1) is 13.1. The lowest BCUT2D eigenvalue weighted by molar-refractivity contribution is -0.384. The molecule has 0 N–H and O–H groups in total. The number of benzene rings is 2. The van der Waals surface area contributed by atoms with Crippen molar-refractivity contribution in [1.82, 2.24) is 0 Å². The van der Waals surface area contributed by atoms with Crippen LogP contribution >= 0.6 is 15.9 Å². The second-order valence-corrected chi connectivity index (χ2v) is 4.56. The van der Waals surface area contributed by atoms with Crippen LogP contribution in [0, 0.1) is 21.4 Å². The van der Waals surface area contributed by atoms with Gasteiger partial charge in [0.25, 0.3) is 5.69 Å².